The lowest BCUT2D eigenvalue weighted by molar-refractivity contribution is 0.0183. The van der Waals surface area contributed by atoms with Crippen LogP contribution in [0.3, 0.4) is 0 Å². The molecule has 1 aliphatic rings. The van der Waals surface area contributed by atoms with Gasteiger partial charge in [0.05, 0.1) is 35.3 Å². The van der Waals surface area contributed by atoms with Crippen molar-refractivity contribution in [1.82, 2.24) is 14.5 Å². The molecule has 0 N–H and O–H groups in total. The minimum absolute atomic E-state index is 0.0481. The Kier molecular flexibility index (Phi) is 6.04. The van der Waals surface area contributed by atoms with Crippen LogP contribution in [-0.4, -0.2) is 45.3 Å². The second-order valence-corrected chi connectivity index (χ2v) is 9.06. The van der Waals surface area contributed by atoms with Gasteiger partial charge in [-0.15, -0.1) is 0 Å². The van der Waals surface area contributed by atoms with Crippen molar-refractivity contribution in [2.45, 2.75) is 51.8 Å². The normalized spacial score (nSPS) is 16.2. The molecular formula is C25H28N4O3. The third-order valence-corrected chi connectivity index (χ3v) is 5.45. The summed E-state index contributed by atoms with van der Waals surface area (Å²) in [6.45, 7) is 7.22. The fourth-order valence-electron chi connectivity index (χ4n) is 3.92. The number of nitriles is 1. The minimum Gasteiger partial charge on any atom is -0.462 e. The number of nitrogens with zero attached hydrogens (tertiary/aromatic N) is 4. The molecule has 7 nitrogen and oxygen atoms in total. The standard InChI is InChI=1S/C25H28N4O3/c1-25(2,3)32-24(30)28-14-6-7-20(28)17-31-23-27-21-8-4-5-9-22(21)29(23)16-19-12-10-18(15-26)11-13-19/h4-5,8-13,20H,6-7,14,16-17H2,1-3H3/t20-/m0/s1. The van der Waals surface area contributed by atoms with Gasteiger partial charge in [-0.2, -0.15) is 10.2 Å². The van der Waals surface area contributed by atoms with Crippen molar-refractivity contribution < 1.29 is 14.3 Å². The van der Waals surface area contributed by atoms with Gasteiger partial charge in [0.1, 0.15) is 12.2 Å². The fourth-order valence-corrected chi connectivity index (χ4v) is 3.92. The van der Waals surface area contributed by atoms with Crippen molar-refractivity contribution in [2.24, 2.45) is 0 Å². The molecule has 1 aliphatic heterocycles. The van der Waals surface area contributed by atoms with Crippen LogP contribution in [0, 0.1) is 11.3 Å². The molecule has 1 atom stereocenters. The largest absolute Gasteiger partial charge is 0.462 e. The highest BCUT2D eigenvalue weighted by Crippen LogP contribution is 2.25. The monoisotopic (exact) mass is 432 g/mol. The van der Waals surface area contributed by atoms with Gasteiger partial charge in [-0.3, -0.25) is 4.57 Å². The summed E-state index contributed by atoms with van der Waals surface area (Å²) in [5, 5.41) is 9.05. The van der Waals surface area contributed by atoms with Crippen molar-refractivity contribution in [2.75, 3.05) is 13.2 Å². The number of hydrogen-bond acceptors (Lipinski definition) is 5. The van der Waals surface area contributed by atoms with Gasteiger partial charge in [0.15, 0.2) is 0 Å². The van der Waals surface area contributed by atoms with Crippen LogP contribution in [-0.2, 0) is 11.3 Å². The summed E-state index contributed by atoms with van der Waals surface area (Å²) in [4.78, 5) is 19.0. The first kappa shape index (κ1) is 21.7. The maximum atomic E-state index is 12.6. The summed E-state index contributed by atoms with van der Waals surface area (Å²) in [6.07, 6.45) is 1.50. The van der Waals surface area contributed by atoms with Crippen LogP contribution >= 0.6 is 0 Å². The second-order valence-electron chi connectivity index (χ2n) is 9.06. The molecule has 3 aromatic rings. The molecule has 0 aliphatic carbocycles. The number of hydrogen-bond donors (Lipinski definition) is 0. The number of para-hydroxylation sites is 2. The lowest BCUT2D eigenvalue weighted by Crippen LogP contribution is -2.42. The molecule has 0 bridgehead atoms. The lowest BCUT2D eigenvalue weighted by Gasteiger charge is -2.28. The van der Waals surface area contributed by atoms with E-state index in [4.69, 9.17) is 14.7 Å². The number of rotatable bonds is 5. The van der Waals surface area contributed by atoms with Gasteiger partial charge in [-0.1, -0.05) is 24.3 Å². The molecule has 1 aromatic heterocycles. The van der Waals surface area contributed by atoms with E-state index in [1.165, 1.54) is 0 Å². The highest BCUT2D eigenvalue weighted by Gasteiger charge is 2.33. The molecule has 1 amide bonds. The number of imidazole rings is 1. The van der Waals surface area contributed by atoms with Gasteiger partial charge in [0.25, 0.3) is 6.01 Å². The number of fused-ring (bicyclic) bond motifs is 1. The summed E-state index contributed by atoms with van der Waals surface area (Å²) in [5.74, 6) is 0. The molecule has 2 heterocycles. The maximum Gasteiger partial charge on any atom is 0.410 e. The number of amides is 1. The Morgan fingerprint density at radius 2 is 1.94 bits per heavy atom. The second kappa shape index (κ2) is 8.91. The number of aromatic nitrogens is 2. The maximum absolute atomic E-state index is 12.6. The van der Waals surface area contributed by atoms with Crippen LogP contribution in [0.25, 0.3) is 11.0 Å². The lowest BCUT2D eigenvalue weighted by atomic mass is 10.1. The molecule has 1 fully saturated rings. The quantitative estimate of drug-likeness (QED) is 0.582. The zero-order chi connectivity index (χ0) is 22.7. The third-order valence-electron chi connectivity index (χ3n) is 5.45. The Morgan fingerprint density at radius 3 is 2.66 bits per heavy atom. The van der Waals surface area contributed by atoms with Crippen LogP contribution in [0.4, 0.5) is 4.79 Å². The van der Waals surface area contributed by atoms with Gasteiger partial charge in [-0.25, -0.2) is 4.79 Å². The fraction of sp³-hybridized carbons (Fsp3) is 0.400. The average molecular weight is 433 g/mol. The van der Waals surface area contributed by atoms with Crippen LogP contribution in [0.2, 0.25) is 0 Å². The van der Waals surface area contributed by atoms with E-state index in [0.29, 0.717) is 31.3 Å². The van der Waals surface area contributed by atoms with E-state index < -0.39 is 5.60 Å². The molecule has 0 radical (unpaired) electrons. The van der Waals surface area contributed by atoms with E-state index in [-0.39, 0.29) is 12.1 Å². The van der Waals surface area contributed by atoms with E-state index in [9.17, 15) is 4.79 Å². The van der Waals surface area contributed by atoms with Crippen LogP contribution in [0.1, 0.15) is 44.7 Å². The molecule has 7 heteroatoms. The molecule has 32 heavy (non-hydrogen) atoms. The van der Waals surface area contributed by atoms with Crippen molar-refractivity contribution in [3.63, 3.8) is 0 Å². The SMILES string of the molecule is CC(C)(C)OC(=O)N1CCC[C@H]1COc1nc2ccccc2n1Cc1ccc(C#N)cc1. The smallest absolute Gasteiger partial charge is 0.410 e. The molecule has 0 unspecified atom stereocenters. The van der Waals surface area contributed by atoms with Crippen molar-refractivity contribution in [3.8, 4) is 12.1 Å². The minimum atomic E-state index is -0.528. The first-order valence-corrected chi connectivity index (χ1v) is 10.9. The number of carbonyl (C=O) groups is 1. The van der Waals surface area contributed by atoms with E-state index in [1.54, 1.807) is 4.90 Å². The Hall–Kier alpha value is -3.53. The topological polar surface area (TPSA) is 80.4 Å². The number of carbonyl (C=O) groups excluding carboxylic acids is 1. The first-order valence-electron chi connectivity index (χ1n) is 10.9. The molecule has 0 spiro atoms. The van der Waals surface area contributed by atoms with Crippen molar-refractivity contribution >= 4 is 17.1 Å². The molecule has 1 saturated heterocycles. The van der Waals surface area contributed by atoms with E-state index in [1.807, 2.05) is 73.9 Å². The number of likely N-dealkylation sites (tertiary alicyclic amines) is 1. The summed E-state index contributed by atoms with van der Waals surface area (Å²) in [7, 11) is 0. The molecule has 0 saturated carbocycles. The summed E-state index contributed by atoms with van der Waals surface area (Å²) in [6, 6.07) is 18.0. The highest BCUT2D eigenvalue weighted by atomic mass is 16.6. The summed E-state index contributed by atoms with van der Waals surface area (Å²) in [5.41, 5.74) is 2.98. The van der Waals surface area contributed by atoms with Gasteiger partial charge in [-0.05, 0) is 63.4 Å². The van der Waals surface area contributed by atoms with Gasteiger partial charge < -0.3 is 14.4 Å². The van der Waals surface area contributed by atoms with Crippen LogP contribution < -0.4 is 4.74 Å². The Labute approximate surface area is 188 Å². The Balaban J connectivity index is 1.53. The summed E-state index contributed by atoms with van der Waals surface area (Å²) < 4.78 is 13.8. The Bertz CT molecular complexity index is 1140. The molecule has 2 aromatic carbocycles. The van der Waals surface area contributed by atoms with Crippen molar-refractivity contribution in [1.29, 1.82) is 5.26 Å². The highest BCUT2D eigenvalue weighted by molar-refractivity contribution is 5.76. The molecule has 166 valence electrons. The molecule has 4 rings (SSSR count). The number of ether oxygens (including phenoxy) is 2. The predicted octanol–water partition coefficient (Wildman–Crippen LogP) is 4.73. The zero-order valence-electron chi connectivity index (χ0n) is 18.7. The molecular weight excluding hydrogens is 404 g/mol. The average Bonchev–Trinajstić information content (AvgIpc) is 3.36. The zero-order valence-corrected chi connectivity index (χ0v) is 18.7. The van der Waals surface area contributed by atoms with Gasteiger partial charge in [0.2, 0.25) is 0 Å². The summed E-state index contributed by atoms with van der Waals surface area (Å²) >= 11 is 0. The van der Waals surface area contributed by atoms with E-state index in [2.05, 4.69) is 11.1 Å². The predicted molar refractivity (Wildman–Crippen MR) is 121 cm³/mol. The third kappa shape index (κ3) is 4.86. The van der Waals surface area contributed by atoms with Crippen LogP contribution in [0.15, 0.2) is 48.5 Å². The first-order chi connectivity index (χ1) is 15.3. The van der Waals surface area contributed by atoms with Crippen LogP contribution in [0.5, 0.6) is 6.01 Å². The van der Waals surface area contributed by atoms with Crippen molar-refractivity contribution in [3.05, 3.63) is 59.7 Å². The van der Waals surface area contributed by atoms with E-state index in [0.717, 1.165) is 29.4 Å². The van der Waals surface area contributed by atoms with Gasteiger partial charge >= 0.3 is 6.09 Å². The van der Waals surface area contributed by atoms with Gasteiger partial charge in [0, 0.05) is 6.54 Å². The Morgan fingerprint density at radius 1 is 1.19 bits per heavy atom. The number of benzene rings is 2. The van der Waals surface area contributed by atoms with E-state index >= 15 is 0 Å².